The van der Waals surface area contributed by atoms with Crippen LogP contribution in [0.2, 0.25) is 0 Å². The zero-order valence-electron chi connectivity index (χ0n) is 10.7. The quantitative estimate of drug-likeness (QED) is 0.850. The van der Waals surface area contributed by atoms with Crippen LogP contribution >= 0.6 is 0 Å². The standard InChI is InChI=1S/C12H20F3NO2/c1-8(2)18-7-11(17)16-10-5-3-9(4-6-10)12(13,14)15/h8-10H,3-7H2,1-2H3,(H,16,17). The molecule has 1 rings (SSSR count). The third-order valence-electron chi connectivity index (χ3n) is 3.10. The molecule has 1 fully saturated rings. The van der Waals surface area contributed by atoms with Crippen LogP contribution < -0.4 is 5.32 Å². The molecule has 0 radical (unpaired) electrons. The van der Waals surface area contributed by atoms with E-state index in [1.807, 2.05) is 13.8 Å². The minimum absolute atomic E-state index is 0.0308. The van der Waals surface area contributed by atoms with Gasteiger partial charge in [0.05, 0.1) is 12.0 Å². The average molecular weight is 267 g/mol. The van der Waals surface area contributed by atoms with E-state index in [2.05, 4.69) is 5.32 Å². The van der Waals surface area contributed by atoms with Gasteiger partial charge in [-0.25, -0.2) is 0 Å². The molecule has 1 N–H and O–H groups in total. The van der Waals surface area contributed by atoms with Crippen molar-refractivity contribution in [3.8, 4) is 0 Å². The van der Waals surface area contributed by atoms with E-state index in [-0.39, 0.29) is 37.5 Å². The summed E-state index contributed by atoms with van der Waals surface area (Å²) in [7, 11) is 0. The van der Waals surface area contributed by atoms with Gasteiger partial charge in [-0.2, -0.15) is 13.2 Å². The zero-order chi connectivity index (χ0) is 13.8. The average Bonchev–Trinajstić information content (AvgIpc) is 2.26. The SMILES string of the molecule is CC(C)OCC(=O)NC1CCC(C(F)(F)F)CC1. The second-order valence-electron chi connectivity index (χ2n) is 5.02. The van der Waals surface area contributed by atoms with Gasteiger partial charge in [0, 0.05) is 6.04 Å². The Kier molecular flexibility index (Phi) is 5.44. The normalized spacial score (nSPS) is 25.2. The van der Waals surface area contributed by atoms with Crippen molar-refractivity contribution in [3.05, 3.63) is 0 Å². The van der Waals surface area contributed by atoms with Crippen LogP contribution in [-0.4, -0.2) is 30.8 Å². The van der Waals surface area contributed by atoms with Crippen LogP contribution in [0.1, 0.15) is 39.5 Å². The summed E-state index contributed by atoms with van der Waals surface area (Å²) in [6, 6.07) is -0.146. The maximum atomic E-state index is 12.4. The molecule has 0 unspecified atom stereocenters. The predicted octanol–water partition coefficient (Wildman–Crippen LogP) is 2.65. The molecule has 1 aliphatic rings. The number of hydrogen-bond acceptors (Lipinski definition) is 2. The highest BCUT2D eigenvalue weighted by molar-refractivity contribution is 5.77. The van der Waals surface area contributed by atoms with Crippen molar-refractivity contribution in [1.82, 2.24) is 5.32 Å². The smallest absolute Gasteiger partial charge is 0.369 e. The van der Waals surface area contributed by atoms with Crippen LogP contribution in [0.15, 0.2) is 0 Å². The Balaban J connectivity index is 2.25. The van der Waals surface area contributed by atoms with Crippen LogP contribution in [0.25, 0.3) is 0 Å². The van der Waals surface area contributed by atoms with Gasteiger partial charge in [-0.1, -0.05) is 0 Å². The molecule has 0 aromatic heterocycles. The molecule has 0 aliphatic heterocycles. The van der Waals surface area contributed by atoms with Crippen LogP contribution in [-0.2, 0) is 9.53 Å². The van der Waals surface area contributed by atoms with Gasteiger partial charge < -0.3 is 10.1 Å². The maximum Gasteiger partial charge on any atom is 0.391 e. The van der Waals surface area contributed by atoms with Gasteiger partial charge >= 0.3 is 6.18 Å². The summed E-state index contributed by atoms with van der Waals surface area (Å²) >= 11 is 0. The number of carbonyl (C=O) groups is 1. The summed E-state index contributed by atoms with van der Waals surface area (Å²) in [5.74, 6) is -1.46. The topological polar surface area (TPSA) is 38.3 Å². The molecule has 0 bridgehead atoms. The van der Waals surface area contributed by atoms with Crippen LogP contribution in [0.4, 0.5) is 13.2 Å². The Bertz CT molecular complexity index is 271. The minimum Gasteiger partial charge on any atom is -0.369 e. The van der Waals surface area contributed by atoms with Crippen LogP contribution in [0.5, 0.6) is 0 Å². The van der Waals surface area contributed by atoms with Crippen molar-refractivity contribution >= 4 is 5.91 Å². The number of hydrogen-bond donors (Lipinski definition) is 1. The molecule has 0 saturated heterocycles. The molecule has 1 saturated carbocycles. The monoisotopic (exact) mass is 267 g/mol. The third-order valence-corrected chi connectivity index (χ3v) is 3.10. The Labute approximate surface area is 105 Å². The van der Waals surface area contributed by atoms with Gasteiger partial charge in [0.25, 0.3) is 0 Å². The van der Waals surface area contributed by atoms with E-state index in [9.17, 15) is 18.0 Å². The van der Waals surface area contributed by atoms with Gasteiger partial charge in [-0.3, -0.25) is 4.79 Å². The molecule has 1 aliphatic carbocycles. The molecule has 0 atom stereocenters. The Morgan fingerprint density at radius 3 is 2.28 bits per heavy atom. The summed E-state index contributed by atoms with van der Waals surface area (Å²) in [6.07, 6.45) is -3.17. The second kappa shape index (κ2) is 6.41. The van der Waals surface area contributed by atoms with Crippen molar-refractivity contribution in [2.45, 2.75) is 57.9 Å². The zero-order valence-corrected chi connectivity index (χ0v) is 10.7. The molecular formula is C12H20F3NO2. The number of rotatable bonds is 4. The number of amides is 1. The number of alkyl halides is 3. The van der Waals surface area contributed by atoms with E-state index in [0.717, 1.165) is 0 Å². The number of carbonyl (C=O) groups excluding carboxylic acids is 1. The Hall–Kier alpha value is -0.780. The molecule has 0 aromatic rings. The molecule has 0 heterocycles. The van der Waals surface area contributed by atoms with Crippen molar-refractivity contribution in [2.24, 2.45) is 5.92 Å². The molecule has 3 nitrogen and oxygen atoms in total. The Morgan fingerprint density at radius 2 is 1.83 bits per heavy atom. The molecule has 0 spiro atoms. The van der Waals surface area contributed by atoms with Gasteiger partial charge in [0.2, 0.25) is 5.91 Å². The summed E-state index contributed by atoms with van der Waals surface area (Å²) in [5, 5.41) is 2.71. The first-order valence-electron chi connectivity index (χ1n) is 6.26. The molecule has 0 aromatic carbocycles. The molecule has 1 amide bonds. The van der Waals surface area contributed by atoms with Crippen molar-refractivity contribution in [2.75, 3.05) is 6.61 Å². The molecule has 6 heteroatoms. The summed E-state index contributed by atoms with van der Waals surface area (Å²) in [4.78, 5) is 11.4. The van der Waals surface area contributed by atoms with Crippen LogP contribution in [0, 0.1) is 5.92 Å². The summed E-state index contributed by atoms with van der Waals surface area (Å²) in [5.41, 5.74) is 0. The first-order valence-corrected chi connectivity index (χ1v) is 6.26. The number of halogens is 3. The van der Waals surface area contributed by atoms with E-state index in [1.165, 1.54) is 0 Å². The van der Waals surface area contributed by atoms with E-state index >= 15 is 0 Å². The molecular weight excluding hydrogens is 247 g/mol. The van der Waals surface area contributed by atoms with E-state index in [1.54, 1.807) is 0 Å². The lowest BCUT2D eigenvalue weighted by molar-refractivity contribution is -0.182. The van der Waals surface area contributed by atoms with E-state index < -0.39 is 12.1 Å². The van der Waals surface area contributed by atoms with Crippen molar-refractivity contribution in [1.29, 1.82) is 0 Å². The predicted molar refractivity (Wildman–Crippen MR) is 61.0 cm³/mol. The van der Waals surface area contributed by atoms with Crippen LogP contribution in [0.3, 0.4) is 0 Å². The lowest BCUT2D eigenvalue weighted by atomic mass is 9.85. The Morgan fingerprint density at radius 1 is 1.28 bits per heavy atom. The van der Waals surface area contributed by atoms with Gasteiger partial charge in [-0.05, 0) is 39.5 Å². The maximum absolute atomic E-state index is 12.4. The minimum atomic E-state index is -4.10. The second-order valence-corrected chi connectivity index (χ2v) is 5.02. The van der Waals surface area contributed by atoms with Crippen molar-refractivity contribution in [3.63, 3.8) is 0 Å². The highest BCUT2D eigenvalue weighted by Crippen LogP contribution is 2.37. The molecule has 18 heavy (non-hydrogen) atoms. The number of nitrogens with one attached hydrogen (secondary N) is 1. The van der Waals surface area contributed by atoms with Gasteiger partial charge in [-0.15, -0.1) is 0 Å². The number of ether oxygens (including phenoxy) is 1. The summed E-state index contributed by atoms with van der Waals surface area (Å²) in [6.45, 7) is 3.61. The molecule has 106 valence electrons. The first-order chi connectivity index (χ1) is 8.29. The first kappa shape index (κ1) is 15.3. The highest BCUT2D eigenvalue weighted by atomic mass is 19.4. The van der Waals surface area contributed by atoms with E-state index in [4.69, 9.17) is 4.74 Å². The fourth-order valence-corrected chi connectivity index (χ4v) is 2.08. The lowest BCUT2D eigenvalue weighted by Crippen LogP contribution is -2.41. The summed E-state index contributed by atoms with van der Waals surface area (Å²) < 4.78 is 42.4. The fourth-order valence-electron chi connectivity index (χ4n) is 2.08. The van der Waals surface area contributed by atoms with Crippen molar-refractivity contribution < 1.29 is 22.7 Å². The largest absolute Gasteiger partial charge is 0.391 e. The lowest BCUT2D eigenvalue weighted by Gasteiger charge is -2.30. The van der Waals surface area contributed by atoms with Gasteiger partial charge in [0.15, 0.2) is 0 Å². The fraction of sp³-hybridized carbons (Fsp3) is 0.917. The van der Waals surface area contributed by atoms with Gasteiger partial charge in [0.1, 0.15) is 6.61 Å². The van der Waals surface area contributed by atoms with E-state index in [0.29, 0.717) is 12.8 Å². The third kappa shape index (κ3) is 5.25. The highest BCUT2D eigenvalue weighted by Gasteiger charge is 2.41.